The second kappa shape index (κ2) is 6.78. The first-order chi connectivity index (χ1) is 7.42. The maximum absolute atomic E-state index is 11.7. The third-order valence-electron chi connectivity index (χ3n) is 2.09. The highest BCUT2D eigenvalue weighted by molar-refractivity contribution is 5.86. The summed E-state index contributed by atoms with van der Waals surface area (Å²) in [5.41, 5.74) is 5.34. The molecule has 7 heteroatoms. The van der Waals surface area contributed by atoms with Crippen molar-refractivity contribution in [2.45, 2.75) is 13.3 Å². The number of nitrogens with zero attached hydrogens (tertiary/aromatic N) is 1. The normalized spacial score (nSPS) is 11.9. The van der Waals surface area contributed by atoms with E-state index < -0.39 is 36.9 Å². The molecule has 92 valence electrons. The fraction of sp³-hybridized carbons (Fsp3) is 0.667. The Hall–Kier alpha value is -1.63. The first-order valence-corrected chi connectivity index (χ1v) is 4.84. The summed E-state index contributed by atoms with van der Waals surface area (Å²) in [5.74, 6) is -3.56. The molecule has 0 rings (SSSR count). The van der Waals surface area contributed by atoms with Crippen molar-refractivity contribution in [1.82, 2.24) is 4.90 Å². The fourth-order valence-corrected chi connectivity index (χ4v) is 1.24. The summed E-state index contributed by atoms with van der Waals surface area (Å²) in [4.78, 5) is 33.4. The largest absolute Gasteiger partial charge is 0.480 e. The van der Waals surface area contributed by atoms with Crippen LogP contribution in [-0.2, 0) is 14.4 Å². The minimum atomic E-state index is -1.25. The number of amides is 1. The molecule has 0 heterocycles. The van der Waals surface area contributed by atoms with Gasteiger partial charge in [-0.15, -0.1) is 0 Å². The van der Waals surface area contributed by atoms with Crippen molar-refractivity contribution in [3.63, 3.8) is 0 Å². The van der Waals surface area contributed by atoms with Gasteiger partial charge in [-0.3, -0.25) is 14.4 Å². The highest BCUT2D eigenvalue weighted by atomic mass is 16.4. The second-order valence-corrected chi connectivity index (χ2v) is 3.32. The molecule has 1 unspecified atom stereocenters. The van der Waals surface area contributed by atoms with Crippen molar-refractivity contribution in [3.05, 3.63) is 0 Å². The second-order valence-electron chi connectivity index (χ2n) is 3.32. The van der Waals surface area contributed by atoms with E-state index in [1.165, 1.54) is 0 Å². The summed E-state index contributed by atoms with van der Waals surface area (Å²) in [7, 11) is 0. The van der Waals surface area contributed by atoms with Gasteiger partial charge < -0.3 is 20.8 Å². The van der Waals surface area contributed by atoms with Gasteiger partial charge in [0.25, 0.3) is 0 Å². The molecule has 0 saturated carbocycles. The van der Waals surface area contributed by atoms with E-state index in [-0.39, 0.29) is 6.54 Å². The van der Waals surface area contributed by atoms with Gasteiger partial charge in [0.1, 0.15) is 13.1 Å². The van der Waals surface area contributed by atoms with Crippen LogP contribution in [0.3, 0.4) is 0 Å². The SMILES string of the molecule is CCC(CN)C(=O)N(CC(=O)O)CC(=O)O. The Balaban J connectivity index is 4.66. The molecule has 0 fully saturated rings. The van der Waals surface area contributed by atoms with Crippen molar-refractivity contribution in [3.8, 4) is 0 Å². The van der Waals surface area contributed by atoms with Crippen LogP contribution in [0.15, 0.2) is 0 Å². The molecule has 16 heavy (non-hydrogen) atoms. The zero-order chi connectivity index (χ0) is 12.7. The molecule has 0 spiro atoms. The predicted octanol–water partition coefficient (Wildman–Crippen LogP) is -1.03. The number of carboxylic acids is 2. The maximum Gasteiger partial charge on any atom is 0.323 e. The topological polar surface area (TPSA) is 121 Å². The number of nitrogens with two attached hydrogens (primary N) is 1. The number of carbonyl (C=O) groups is 3. The third kappa shape index (κ3) is 4.74. The predicted molar refractivity (Wildman–Crippen MR) is 54.7 cm³/mol. The molecule has 7 nitrogen and oxygen atoms in total. The molecule has 0 aliphatic heterocycles. The number of carbonyl (C=O) groups excluding carboxylic acids is 1. The van der Waals surface area contributed by atoms with E-state index in [4.69, 9.17) is 15.9 Å². The molecule has 0 aromatic carbocycles. The summed E-state index contributed by atoms with van der Waals surface area (Å²) < 4.78 is 0. The molecular weight excluding hydrogens is 216 g/mol. The van der Waals surface area contributed by atoms with E-state index in [0.29, 0.717) is 6.42 Å². The van der Waals surface area contributed by atoms with E-state index in [2.05, 4.69) is 0 Å². The van der Waals surface area contributed by atoms with Crippen molar-refractivity contribution in [2.24, 2.45) is 11.7 Å². The Bertz CT molecular complexity index is 259. The smallest absolute Gasteiger partial charge is 0.323 e. The summed E-state index contributed by atoms with van der Waals surface area (Å²) in [6.07, 6.45) is 0.449. The molecule has 0 saturated heterocycles. The van der Waals surface area contributed by atoms with Crippen LogP contribution in [0.1, 0.15) is 13.3 Å². The van der Waals surface area contributed by atoms with Crippen LogP contribution < -0.4 is 5.73 Å². The first kappa shape index (κ1) is 14.4. The highest BCUT2D eigenvalue weighted by Gasteiger charge is 2.25. The molecule has 0 aromatic rings. The van der Waals surface area contributed by atoms with Gasteiger partial charge >= 0.3 is 11.9 Å². The Morgan fingerprint density at radius 3 is 1.88 bits per heavy atom. The van der Waals surface area contributed by atoms with Crippen LogP contribution in [-0.4, -0.2) is 52.6 Å². The molecule has 0 radical (unpaired) electrons. The molecule has 0 aliphatic carbocycles. The average Bonchev–Trinajstić information content (AvgIpc) is 2.17. The molecule has 1 amide bonds. The average molecular weight is 232 g/mol. The van der Waals surface area contributed by atoms with E-state index in [0.717, 1.165) is 4.90 Å². The van der Waals surface area contributed by atoms with Gasteiger partial charge in [0.05, 0.1) is 5.92 Å². The lowest BCUT2D eigenvalue weighted by Gasteiger charge is -2.22. The Kier molecular flexibility index (Phi) is 6.09. The first-order valence-electron chi connectivity index (χ1n) is 4.84. The maximum atomic E-state index is 11.7. The third-order valence-corrected chi connectivity index (χ3v) is 2.09. The van der Waals surface area contributed by atoms with Crippen LogP contribution in [0.4, 0.5) is 0 Å². The Morgan fingerprint density at radius 1 is 1.19 bits per heavy atom. The molecular formula is C9H16N2O5. The summed E-state index contributed by atoms with van der Waals surface area (Å²) in [5, 5.41) is 17.1. The minimum Gasteiger partial charge on any atom is -0.480 e. The Morgan fingerprint density at radius 2 is 1.62 bits per heavy atom. The van der Waals surface area contributed by atoms with Crippen LogP contribution in [0.25, 0.3) is 0 Å². The van der Waals surface area contributed by atoms with Gasteiger partial charge in [-0.05, 0) is 6.42 Å². The van der Waals surface area contributed by atoms with Crippen LogP contribution in [0.2, 0.25) is 0 Å². The van der Waals surface area contributed by atoms with Crippen LogP contribution >= 0.6 is 0 Å². The fourth-order valence-electron chi connectivity index (χ4n) is 1.24. The van der Waals surface area contributed by atoms with E-state index in [1.54, 1.807) is 6.92 Å². The number of hydrogen-bond donors (Lipinski definition) is 3. The molecule has 1 atom stereocenters. The van der Waals surface area contributed by atoms with Crippen LogP contribution in [0.5, 0.6) is 0 Å². The summed E-state index contributed by atoms with van der Waals surface area (Å²) in [6, 6.07) is 0. The zero-order valence-corrected chi connectivity index (χ0v) is 9.05. The van der Waals surface area contributed by atoms with Crippen molar-refractivity contribution in [1.29, 1.82) is 0 Å². The standard InChI is InChI=1S/C9H16N2O5/c1-2-6(3-10)9(16)11(4-7(12)13)5-8(14)15/h6H,2-5,10H2,1H3,(H,12,13)(H,14,15). The number of rotatable bonds is 7. The van der Waals surface area contributed by atoms with Gasteiger partial charge in [0, 0.05) is 6.54 Å². The highest BCUT2D eigenvalue weighted by Crippen LogP contribution is 2.06. The van der Waals surface area contributed by atoms with Gasteiger partial charge in [0.15, 0.2) is 0 Å². The minimum absolute atomic E-state index is 0.0745. The van der Waals surface area contributed by atoms with Crippen LogP contribution in [0, 0.1) is 5.92 Å². The van der Waals surface area contributed by atoms with E-state index in [9.17, 15) is 14.4 Å². The number of hydrogen-bond acceptors (Lipinski definition) is 4. The molecule has 0 aromatic heterocycles. The van der Waals surface area contributed by atoms with E-state index >= 15 is 0 Å². The number of aliphatic carboxylic acids is 2. The quantitative estimate of drug-likeness (QED) is 0.516. The lowest BCUT2D eigenvalue weighted by molar-refractivity contribution is -0.151. The van der Waals surface area contributed by atoms with Crippen molar-refractivity contribution in [2.75, 3.05) is 19.6 Å². The monoisotopic (exact) mass is 232 g/mol. The van der Waals surface area contributed by atoms with Gasteiger partial charge in [-0.25, -0.2) is 0 Å². The van der Waals surface area contributed by atoms with Gasteiger partial charge in [-0.2, -0.15) is 0 Å². The Labute approximate surface area is 92.8 Å². The summed E-state index contributed by atoms with van der Waals surface area (Å²) in [6.45, 7) is 0.559. The molecule has 0 aliphatic rings. The molecule has 0 bridgehead atoms. The summed E-state index contributed by atoms with van der Waals surface area (Å²) >= 11 is 0. The van der Waals surface area contributed by atoms with Crippen molar-refractivity contribution >= 4 is 17.8 Å². The lowest BCUT2D eigenvalue weighted by atomic mass is 10.1. The van der Waals surface area contributed by atoms with Crippen molar-refractivity contribution < 1.29 is 24.6 Å². The van der Waals surface area contributed by atoms with Gasteiger partial charge in [-0.1, -0.05) is 6.92 Å². The number of carboxylic acid groups (broad SMARTS) is 2. The zero-order valence-electron chi connectivity index (χ0n) is 9.05. The lowest BCUT2D eigenvalue weighted by Crippen LogP contribution is -2.44. The van der Waals surface area contributed by atoms with E-state index in [1.807, 2.05) is 0 Å². The van der Waals surface area contributed by atoms with Gasteiger partial charge in [0.2, 0.25) is 5.91 Å². The molecule has 4 N–H and O–H groups in total.